The Balaban J connectivity index is 1.48. The third-order valence-corrected chi connectivity index (χ3v) is 4.73. The SMILES string of the molecule is CN=C(NCCCc1c[nH]c2ccccc12)N(C)Cc1ccc(OC)cc1. The van der Waals surface area contributed by atoms with Crippen LogP contribution in [0.4, 0.5) is 0 Å². The second-order valence-electron chi connectivity index (χ2n) is 6.64. The summed E-state index contributed by atoms with van der Waals surface area (Å²) < 4.78 is 5.21. The van der Waals surface area contributed by atoms with Gasteiger partial charge in [-0.05, 0) is 42.2 Å². The van der Waals surface area contributed by atoms with Gasteiger partial charge in [0.15, 0.2) is 5.96 Å². The fourth-order valence-electron chi connectivity index (χ4n) is 3.28. The summed E-state index contributed by atoms with van der Waals surface area (Å²) in [5.74, 6) is 1.78. The fourth-order valence-corrected chi connectivity index (χ4v) is 3.28. The summed E-state index contributed by atoms with van der Waals surface area (Å²) in [5, 5.41) is 4.78. The number of fused-ring (bicyclic) bond motifs is 1. The molecule has 0 bridgehead atoms. The molecule has 2 N–H and O–H groups in total. The summed E-state index contributed by atoms with van der Waals surface area (Å²) in [7, 11) is 5.56. The molecule has 0 aliphatic rings. The Morgan fingerprint density at radius 1 is 1.15 bits per heavy atom. The normalized spacial score (nSPS) is 11.6. The molecule has 0 saturated heterocycles. The van der Waals surface area contributed by atoms with Crippen molar-refractivity contribution in [1.82, 2.24) is 15.2 Å². The number of rotatable bonds is 7. The summed E-state index contributed by atoms with van der Waals surface area (Å²) in [6.45, 7) is 1.69. The van der Waals surface area contributed by atoms with Crippen molar-refractivity contribution in [2.75, 3.05) is 27.7 Å². The summed E-state index contributed by atoms with van der Waals surface area (Å²) in [4.78, 5) is 9.88. The number of benzene rings is 2. The van der Waals surface area contributed by atoms with E-state index in [4.69, 9.17) is 4.74 Å². The summed E-state index contributed by atoms with van der Waals surface area (Å²) in [6, 6.07) is 16.6. The highest BCUT2D eigenvalue weighted by Gasteiger charge is 2.07. The first-order valence-electron chi connectivity index (χ1n) is 9.31. The van der Waals surface area contributed by atoms with Gasteiger partial charge in [0.1, 0.15) is 5.75 Å². The highest BCUT2D eigenvalue weighted by molar-refractivity contribution is 5.83. The van der Waals surface area contributed by atoms with Crippen molar-refractivity contribution < 1.29 is 4.74 Å². The fraction of sp³-hybridized carbons (Fsp3) is 0.318. The number of H-pyrrole nitrogens is 1. The first-order chi connectivity index (χ1) is 13.2. The summed E-state index contributed by atoms with van der Waals surface area (Å²) in [6.07, 6.45) is 4.21. The van der Waals surface area contributed by atoms with Crippen molar-refractivity contribution in [3.8, 4) is 5.75 Å². The first-order valence-corrected chi connectivity index (χ1v) is 9.31. The van der Waals surface area contributed by atoms with Crippen LogP contribution in [0.1, 0.15) is 17.5 Å². The Hall–Kier alpha value is -2.95. The Morgan fingerprint density at radius 2 is 1.93 bits per heavy atom. The molecule has 27 heavy (non-hydrogen) atoms. The zero-order valence-corrected chi connectivity index (χ0v) is 16.3. The summed E-state index contributed by atoms with van der Waals surface area (Å²) >= 11 is 0. The van der Waals surface area contributed by atoms with Gasteiger partial charge < -0.3 is 19.9 Å². The lowest BCUT2D eigenvalue weighted by atomic mass is 10.1. The molecular formula is C22H28N4O. The predicted octanol–water partition coefficient (Wildman–Crippen LogP) is 3.82. The molecule has 5 nitrogen and oxygen atoms in total. The van der Waals surface area contributed by atoms with Gasteiger partial charge in [-0.25, -0.2) is 0 Å². The maximum Gasteiger partial charge on any atom is 0.193 e. The van der Waals surface area contributed by atoms with Crippen LogP contribution in [-0.4, -0.2) is 43.6 Å². The molecule has 0 spiro atoms. The third kappa shape index (κ3) is 4.82. The molecular weight excluding hydrogens is 336 g/mol. The minimum absolute atomic E-state index is 0.798. The van der Waals surface area contributed by atoms with Crippen LogP contribution in [0.15, 0.2) is 59.7 Å². The van der Waals surface area contributed by atoms with E-state index >= 15 is 0 Å². The maximum atomic E-state index is 5.21. The molecule has 0 fully saturated rings. The molecule has 142 valence electrons. The van der Waals surface area contributed by atoms with Gasteiger partial charge in [0.25, 0.3) is 0 Å². The van der Waals surface area contributed by atoms with Crippen molar-refractivity contribution in [2.45, 2.75) is 19.4 Å². The van der Waals surface area contributed by atoms with E-state index in [0.29, 0.717) is 0 Å². The van der Waals surface area contributed by atoms with Crippen LogP contribution >= 0.6 is 0 Å². The van der Waals surface area contributed by atoms with Gasteiger partial charge in [-0.3, -0.25) is 4.99 Å². The van der Waals surface area contributed by atoms with Crippen LogP contribution in [0.5, 0.6) is 5.75 Å². The molecule has 0 atom stereocenters. The number of ether oxygens (including phenoxy) is 1. The zero-order valence-electron chi connectivity index (χ0n) is 16.3. The van der Waals surface area contributed by atoms with E-state index in [1.807, 2.05) is 19.2 Å². The van der Waals surface area contributed by atoms with E-state index in [1.54, 1.807) is 7.11 Å². The molecule has 0 unspecified atom stereocenters. The second-order valence-corrected chi connectivity index (χ2v) is 6.64. The Labute approximate surface area is 161 Å². The number of aliphatic imine (C=N–C) groups is 1. The van der Waals surface area contributed by atoms with Gasteiger partial charge in [-0.2, -0.15) is 0 Å². The molecule has 0 amide bonds. The van der Waals surface area contributed by atoms with Crippen LogP contribution in [0, 0.1) is 0 Å². The van der Waals surface area contributed by atoms with Gasteiger partial charge >= 0.3 is 0 Å². The average Bonchev–Trinajstić information content (AvgIpc) is 3.12. The van der Waals surface area contributed by atoms with E-state index < -0.39 is 0 Å². The lowest BCUT2D eigenvalue weighted by Gasteiger charge is -2.22. The Kier molecular flexibility index (Phi) is 6.36. The molecule has 0 aliphatic heterocycles. The molecule has 0 radical (unpaired) electrons. The monoisotopic (exact) mass is 364 g/mol. The minimum atomic E-state index is 0.798. The van der Waals surface area contributed by atoms with Crippen molar-refractivity contribution in [3.63, 3.8) is 0 Å². The smallest absolute Gasteiger partial charge is 0.193 e. The van der Waals surface area contributed by atoms with Crippen LogP contribution < -0.4 is 10.1 Å². The van der Waals surface area contributed by atoms with Gasteiger partial charge in [0.2, 0.25) is 0 Å². The topological polar surface area (TPSA) is 52.7 Å². The molecule has 0 saturated carbocycles. The van der Waals surface area contributed by atoms with E-state index in [1.165, 1.54) is 22.0 Å². The largest absolute Gasteiger partial charge is 0.497 e. The Bertz CT molecular complexity index is 883. The second kappa shape index (κ2) is 9.12. The first kappa shape index (κ1) is 18.8. The number of aromatic amines is 1. The van der Waals surface area contributed by atoms with Crippen LogP contribution in [0.25, 0.3) is 10.9 Å². The molecule has 3 aromatic rings. The number of guanidine groups is 1. The number of aryl methyl sites for hydroxylation is 1. The molecule has 2 aromatic carbocycles. The predicted molar refractivity (Wildman–Crippen MR) is 112 cm³/mol. The van der Waals surface area contributed by atoms with Gasteiger partial charge in [-0.1, -0.05) is 30.3 Å². The molecule has 3 rings (SSSR count). The number of hydrogen-bond donors (Lipinski definition) is 2. The quantitative estimate of drug-likeness (QED) is 0.381. The van der Waals surface area contributed by atoms with E-state index in [0.717, 1.165) is 37.6 Å². The highest BCUT2D eigenvalue weighted by Crippen LogP contribution is 2.18. The molecule has 0 aliphatic carbocycles. The number of methoxy groups -OCH3 is 1. The number of hydrogen-bond acceptors (Lipinski definition) is 2. The molecule has 1 heterocycles. The van der Waals surface area contributed by atoms with Gasteiger partial charge in [-0.15, -0.1) is 0 Å². The number of nitrogens with one attached hydrogen (secondary N) is 2. The lowest BCUT2D eigenvalue weighted by molar-refractivity contribution is 0.414. The van der Waals surface area contributed by atoms with Gasteiger partial charge in [0.05, 0.1) is 7.11 Å². The van der Waals surface area contributed by atoms with E-state index in [2.05, 4.69) is 69.8 Å². The van der Waals surface area contributed by atoms with E-state index in [-0.39, 0.29) is 0 Å². The number of nitrogens with zero attached hydrogens (tertiary/aromatic N) is 2. The molecule has 1 aromatic heterocycles. The van der Waals surface area contributed by atoms with Crippen molar-refractivity contribution >= 4 is 16.9 Å². The van der Waals surface area contributed by atoms with Crippen molar-refractivity contribution in [2.24, 2.45) is 4.99 Å². The van der Waals surface area contributed by atoms with E-state index in [9.17, 15) is 0 Å². The number of aromatic nitrogens is 1. The highest BCUT2D eigenvalue weighted by atomic mass is 16.5. The van der Waals surface area contributed by atoms with Gasteiger partial charge in [0, 0.05) is 44.3 Å². The maximum absolute atomic E-state index is 5.21. The van der Waals surface area contributed by atoms with Crippen molar-refractivity contribution in [3.05, 3.63) is 65.9 Å². The molecule has 5 heteroatoms. The minimum Gasteiger partial charge on any atom is -0.497 e. The van der Waals surface area contributed by atoms with Crippen LogP contribution in [0.3, 0.4) is 0 Å². The van der Waals surface area contributed by atoms with Crippen LogP contribution in [0.2, 0.25) is 0 Å². The Morgan fingerprint density at radius 3 is 2.67 bits per heavy atom. The summed E-state index contributed by atoms with van der Waals surface area (Å²) in [5.41, 5.74) is 3.80. The number of para-hydroxylation sites is 1. The van der Waals surface area contributed by atoms with Crippen molar-refractivity contribution in [1.29, 1.82) is 0 Å². The standard InChI is InChI=1S/C22H28N4O/c1-23-22(26(2)16-17-10-12-19(27-3)13-11-17)24-14-6-7-18-15-25-21-9-5-4-8-20(18)21/h4-5,8-13,15,25H,6-7,14,16H2,1-3H3,(H,23,24). The third-order valence-electron chi connectivity index (χ3n) is 4.73. The zero-order chi connectivity index (χ0) is 19.1. The van der Waals surface area contributed by atoms with Crippen LogP contribution in [-0.2, 0) is 13.0 Å². The lowest BCUT2D eigenvalue weighted by Crippen LogP contribution is -2.39. The average molecular weight is 364 g/mol.